The van der Waals surface area contributed by atoms with Gasteiger partial charge in [0.15, 0.2) is 6.29 Å². The minimum absolute atomic E-state index is 0.264. The van der Waals surface area contributed by atoms with Gasteiger partial charge in [-0.05, 0) is 36.4 Å². The lowest BCUT2D eigenvalue weighted by Gasteiger charge is -2.49. The second-order valence-electron chi connectivity index (χ2n) is 16.0. The number of rotatable bonds is 13. The highest BCUT2D eigenvalue weighted by atomic mass is 28.4. The fraction of sp³-hybridized carbons (Fsp3) is 0.333. The summed E-state index contributed by atoms with van der Waals surface area (Å²) in [5.74, 6) is 0. The van der Waals surface area contributed by atoms with Crippen LogP contribution in [-0.4, -0.2) is 64.2 Å². The van der Waals surface area contributed by atoms with Crippen LogP contribution < -0.4 is 20.7 Å². The summed E-state index contributed by atoms with van der Waals surface area (Å²) >= 11 is 0. The Morgan fingerprint density at radius 3 is 1.23 bits per heavy atom. The van der Waals surface area contributed by atoms with Crippen molar-refractivity contribution in [2.75, 3.05) is 6.61 Å². The number of hydrogen-bond acceptors (Lipinski definition) is 6. The molecular weight excluding hydrogens is 693 g/mol. The van der Waals surface area contributed by atoms with Crippen molar-refractivity contribution in [3.63, 3.8) is 0 Å². The molecule has 1 heterocycles. The Hall–Kier alpha value is -3.71. The maximum Gasteiger partial charge on any atom is 0.261 e. The van der Waals surface area contributed by atoms with Crippen molar-refractivity contribution in [1.82, 2.24) is 0 Å². The van der Waals surface area contributed by atoms with Crippen molar-refractivity contribution in [2.24, 2.45) is 0 Å². The molecular formula is C45H54O6Si2. The van der Waals surface area contributed by atoms with E-state index in [4.69, 9.17) is 18.3 Å². The largest absolute Gasteiger partial charge is 0.399 e. The van der Waals surface area contributed by atoms with Crippen LogP contribution in [0.4, 0.5) is 0 Å². The van der Waals surface area contributed by atoms with Crippen LogP contribution in [0.1, 0.15) is 47.1 Å². The fourth-order valence-corrected chi connectivity index (χ4v) is 17.4. The van der Waals surface area contributed by atoms with Gasteiger partial charge in [-0.1, -0.05) is 193 Å². The van der Waals surface area contributed by atoms with Crippen molar-refractivity contribution >= 4 is 37.4 Å². The van der Waals surface area contributed by atoms with E-state index >= 15 is 0 Å². The lowest BCUT2D eigenvalue weighted by Crippen LogP contribution is -2.72. The molecule has 8 heteroatoms. The summed E-state index contributed by atoms with van der Waals surface area (Å²) in [5.41, 5.74) is 0.982. The van der Waals surface area contributed by atoms with Crippen LogP contribution in [0.15, 0.2) is 152 Å². The molecule has 1 aliphatic heterocycles. The zero-order chi connectivity index (χ0) is 37.7. The predicted molar refractivity (Wildman–Crippen MR) is 218 cm³/mol. The predicted octanol–water partition coefficient (Wildman–Crippen LogP) is 6.17. The standard InChI is InChI=1S/C45H54O6Si2/c1-44(2,3)52(35-24-14-8-15-25-35,36-26-16-9-17-27-36)50-41-40(39(47)32-46)49-43(48-33-34-22-12-7-13-23-34)42(41)51-53(45(4,5)6,37-28-18-10-19-29-37)38-30-20-11-21-31-38/h7-31,39-43,46-47H,32-33H2,1-6H3/t39-,40+,41?,42?,43-/m1/s1. The zero-order valence-corrected chi connectivity index (χ0v) is 33.8. The van der Waals surface area contributed by atoms with Gasteiger partial charge in [-0.2, -0.15) is 0 Å². The average Bonchev–Trinajstić information content (AvgIpc) is 3.51. The molecule has 1 aliphatic rings. The Morgan fingerprint density at radius 2 is 0.887 bits per heavy atom. The summed E-state index contributed by atoms with van der Waals surface area (Å²) in [6, 6.07) is 51.9. The van der Waals surface area contributed by atoms with Crippen molar-refractivity contribution < 1.29 is 28.5 Å². The van der Waals surface area contributed by atoms with E-state index in [1.807, 2.05) is 54.6 Å². The lowest BCUT2D eigenvalue weighted by molar-refractivity contribution is -0.183. The molecule has 2 unspecified atom stereocenters. The van der Waals surface area contributed by atoms with Gasteiger partial charge in [-0.25, -0.2) is 0 Å². The van der Waals surface area contributed by atoms with E-state index in [1.165, 1.54) is 0 Å². The molecule has 6 rings (SSSR count). The van der Waals surface area contributed by atoms with Crippen molar-refractivity contribution in [1.29, 1.82) is 0 Å². The summed E-state index contributed by atoms with van der Waals surface area (Å²) in [6.07, 6.45) is -4.76. The number of benzene rings is 5. The molecule has 5 atom stereocenters. The van der Waals surface area contributed by atoms with Crippen molar-refractivity contribution in [3.8, 4) is 0 Å². The van der Waals surface area contributed by atoms with E-state index in [9.17, 15) is 10.2 Å². The molecule has 0 saturated carbocycles. The third kappa shape index (κ3) is 7.79. The molecule has 0 spiro atoms. The van der Waals surface area contributed by atoms with E-state index in [1.54, 1.807) is 0 Å². The molecule has 0 aromatic heterocycles. The first-order chi connectivity index (χ1) is 25.4. The van der Waals surface area contributed by atoms with E-state index < -0.39 is 53.9 Å². The topological polar surface area (TPSA) is 77.4 Å². The monoisotopic (exact) mass is 746 g/mol. The molecule has 2 N–H and O–H groups in total. The smallest absolute Gasteiger partial charge is 0.261 e. The number of ether oxygens (including phenoxy) is 2. The maximum atomic E-state index is 11.6. The van der Waals surface area contributed by atoms with E-state index in [0.29, 0.717) is 0 Å². The lowest BCUT2D eigenvalue weighted by atomic mass is 10.1. The Kier molecular flexibility index (Phi) is 12.0. The highest BCUT2D eigenvalue weighted by Crippen LogP contribution is 2.44. The van der Waals surface area contributed by atoms with Crippen molar-refractivity contribution in [2.45, 2.75) is 88.9 Å². The van der Waals surface area contributed by atoms with E-state index in [0.717, 1.165) is 26.3 Å². The normalized spacial score (nSPS) is 20.3. The molecule has 0 amide bonds. The Labute approximate surface area is 317 Å². The molecule has 53 heavy (non-hydrogen) atoms. The van der Waals surface area contributed by atoms with Crippen LogP contribution in [-0.2, 0) is 24.9 Å². The summed E-state index contributed by atoms with van der Waals surface area (Å²) in [6.45, 7) is 13.2. The van der Waals surface area contributed by atoms with E-state index in [2.05, 4.69) is 139 Å². The van der Waals surface area contributed by atoms with Crippen LogP contribution >= 0.6 is 0 Å². The fourth-order valence-electron chi connectivity index (χ4n) is 8.00. The summed E-state index contributed by atoms with van der Waals surface area (Å²) in [4.78, 5) is 0. The third-order valence-electron chi connectivity index (χ3n) is 10.5. The molecule has 6 nitrogen and oxygen atoms in total. The number of hydrogen-bond donors (Lipinski definition) is 2. The molecule has 1 fully saturated rings. The quantitative estimate of drug-likeness (QED) is 0.141. The molecule has 5 aromatic rings. The minimum atomic E-state index is -3.25. The summed E-state index contributed by atoms with van der Waals surface area (Å²) in [5, 5.41) is 25.9. The second kappa shape index (κ2) is 16.3. The van der Waals surface area contributed by atoms with Crippen LogP contribution in [0.5, 0.6) is 0 Å². The van der Waals surface area contributed by atoms with Crippen molar-refractivity contribution in [3.05, 3.63) is 157 Å². The first kappa shape index (κ1) is 39.0. The van der Waals surface area contributed by atoms with Gasteiger partial charge in [-0.3, -0.25) is 0 Å². The van der Waals surface area contributed by atoms with Gasteiger partial charge in [0.2, 0.25) is 0 Å². The summed E-state index contributed by atoms with van der Waals surface area (Å²) < 4.78 is 29.3. The van der Waals surface area contributed by atoms with E-state index in [-0.39, 0.29) is 16.7 Å². The van der Waals surface area contributed by atoms with Crippen LogP contribution in [0.2, 0.25) is 10.1 Å². The third-order valence-corrected chi connectivity index (χ3v) is 20.6. The van der Waals surface area contributed by atoms with Crippen LogP contribution in [0, 0.1) is 0 Å². The minimum Gasteiger partial charge on any atom is -0.399 e. The zero-order valence-electron chi connectivity index (χ0n) is 31.8. The highest BCUT2D eigenvalue weighted by molar-refractivity contribution is 7.00. The van der Waals surface area contributed by atoms with Gasteiger partial charge in [0.1, 0.15) is 24.4 Å². The van der Waals surface area contributed by atoms with Gasteiger partial charge in [-0.15, -0.1) is 0 Å². The SMILES string of the molecule is CC(C)(C)[Si](OC1C(O[Si](c2ccccc2)(c2ccccc2)C(C)(C)C)[C@H]([C@H](O)CO)O[C@H]1OCc1ccccc1)(c1ccccc1)c1ccccc1. The molecule has 0 radical (unpaired) electrons. The molecule has 0 aliphatic carbocycles. The molecule has 5 aromatic carbocycles. The molecule has 1 saturated heterocycles. The Balaban J connectivity index is 1.59. The van der Waals surface area contributed by atoms with Gasteiger partial charge in [0.05, 0.1) is 13.2 Å². The summed E-state index contributed by atoms with van der Waals surface area (Å²) in [7, 11) is -6.48. The second-order valence-corrected chi connectivity index (χ2v) is 24.5. The van der Waals surface area contributed by atoms with Crippen LogP contribution in [0.25, 0.3) is 0 Å². The van der Waals surface area contributed by atoms with Gasteiger partial charge in [0.25, 0.3) is 16.6 Å². The molecule has 278 valence electrons. The number of aliphatic hydroxyl groups excluding tert-OH is 2. The highest BCUT2D eigenvalue weighted by Gasteiger charge is 2.61. The average molecular weight is 747 g/mol. The van der Waals surface area contributed by atoms with Crippen LogP contribution in [0.3, 0.4) is 0 Å². The number of aliphatic hydroxyl groups is 2. The van der Waals surface area contributed by atoms with Gasteiger partial charge >= 0.3 is 0 Å². The van der Waals surface area contributed by atoms with Gasteiger partial charge in [0, 0.05) is 0 Å². The Bertz CT molecular complexity index is 1770. The first-order valence-electron chi connectivity index (χ1n) is 18.6. The van der Waals surface area contributed by atoms with Gasteiger partial charge < -0.3 is 28.5 Å². The molecule has 0 bridgehead atoms. The maximum absolute atomic E-state index is 11.6. The Morgan fingerprint density at radius 1 is 0.547 bits per heavy atom. The first-order valence-corrected chi connectivity index (χ1v) is 22.4.